The summed E-state index contributed by atoms with van der Waals surface area (Å²) in [6, 6.07) is 28.9. The zero-order valence-corrected chi connectivity index (χ0v) is 24.6. The fourth-order valence-electron chi connectivity index (χ4n) is 6.26. The molecule has 0 spiro atoms. The van der Waals surface area contributed by atoms with Crippen molar-refractivity contribution < 1.29 is 4.74 Å². The van der Waals surface area contributed by atoms with Gasteiger partial charge in [-0.1, -0.05) is 75.9 Å². The van der Waals surface area contributed by atoms with E-state index in [4.69, 9.17) is 4.74 Å². The van der Waals surface area contributed by atoms with Gasteiger partial charge in [-0.15, -0.1) is 0 Å². The topological polar surface area (TPSA) is 49.1 Å². The smallest absolute Gasteiger partial charge is 0.137 e. The van der Waals surface area contributed by atoms with Crippen LogP contribution in [0.1, 0.15) is 69.9 Å². The molecule has 0 amide bonds. The van der Waals surface area contributed by atoms with Gasteiger partial charge in [-0.3, -0.25) is 0 Å². The van der Waals surface area contributed by atoms with Crippen LogP contribution >= 0.6 is 0 Å². The number of fused-ring (bicyclic) bond motifs is 3. The molecule has 1 aliphatic rings. The van der Waals surface area contributed by atoms with Crippen LogP contribution in [0.2, 0.25) is 0 Å². The minimum Gasteiger partial charge on any atom is -0.456 e. The van der Waals surface area contributed by atoms with Gasteiger partial charge in [-0.05, 0) is 96.9 Å². The lowest BCUT2D eigenvalue weighted by Crippen LogP contribution is -2.24. The van der Waals surface area contributed by atoms with E-state index >= 15 is 0 Å². The normalized spacial score (nSPS) is 14.1. The summed E-state index contributed by atoms with van der Waals surface area (Å²) in [6.45, 7) is 6.40. The molecule has 4 heteroatoms. The third kappa shape index (κ3) is 6.13. The van der Waals surface area contributed by atoms with Gasteiger partial charge in [-0.25, -0.2) is 0 Å². The molecular formula is C37H43N3O. The number of aromatic amines is 1. The van der Waals surface area contributed by atoms with Crippen molar-refractivity contribution in [3.63, 3.8) is 0 Å². The third-order valence-electron chi connectivity index (χ3n) is 8.58. The molecule has 1 fully saturated rings. The van der Waals surface area contributed by atoms with Gasteiger partial charge in [-0.2, -0.15) is 0 Å². The number of para-hydroxylation sites is 1. The Morgan fingerprint density at radius 2 is 1.56 bits per heavy atom. The molecule has 0 radical (unpaired) electrons. The Morgan fingerprint density at radius 3 is 2.39 bits per heavy atom. The molecule has 1 saturated carbocycles. The highest BCUT2D eigenvalue weighted by Crippen LogP contribution is 2.38. The standard InChI is InChI=1S/C37H43N3O/c1-3-5-22-38-25-29-24-27(18-20-32(29)39-30-12-7-6-8-13-30)28-19-21-35(26(4-2)23-28)41-36-17-11-16-34-37(36)31-14-9-10-15-33(31)40-34/h9-11,14-21,23-24,30,38-40H,3-8,12-13,22,25H2,1-2H3. The molecule has 1 aromatic heterocycles. The molecular weight excluding hydrogens is 502 g/mol. The molecule has 0 saturated heterocycles. The Labute approximate surface area is 244 Å². The van der Waals surface area contributed by atoms with E-state index in [9.17, 15) is 0 Å². The maximum atomic E-state index is 6.63. The van der Waals surface area contributed by atoms with E-state index in [0.717, 1.165) is 47.4 Å². The van der Waals surface area contributed by atoms with Crippen LogP contribution in [-0.4, -0.2) is 17.6 Å². The molecule has 1 aliphatic carbocycles. The quantitative estimate of drug-likeness (QED) is 0.145. The molecule has 41 heavy (non-hydrogen) atoms. The van der Waals surface area contributed by atoms with E-state index in [2.05, 4.69) is 108 Å². The van der Waals surface area contributed by atoms with Crippen LogP contribution in [0.25, 0.3) is 32.9 Å². The maximum absolute atomic E-state index is 6.63. The van der Waals surface area contributed by atoms with Crippen molar-refractivity contribution in [2.75, 3.05) is 11.9 Å². The summed E-state index contributed by atoms with van der Waals surface area (Å²) in [5, 5.41) is 9.90. The van der Waals surface area contributed by atoms with Crippen molar-refractivity contribution in [2.24, 2.45) is 0 Å². The first-order valence-electron chi connectivity index (χ1n) is 15.6. The summed E-state index contributed by atoms with van der Waals surface area (Å²) in [6.07, 6.45) is 9.92. The van der Waals surface area contributed by atoms with Crippen LogP contribution in [0.4, 0.5) is 5.69 Å². The third-order valence-corrected chi connectivity index (χ3v) is 8.58. The van der Waals surface area contributed by atoms with Gasteiger partial charge in [0.1, 0.15) is 11.5 Å². The first-order valence-corrected chi connectivity index (χ1v) is 15.6. The predicted molar refractivity (Wildman–Crippen MR) is 174 cm³/mol. The number of hydrogen-bond acceptors (Lipinski definition) is 3. The maximum Gasteiger partial charge on any atom is 0.137 e. The van der Waals surface area contributed by atoms with Gasteiger partial charge >= 0.3 is 0 Å². The Morgan fingerprint density at radius 1 is 0.780 bits per heavy atom. The molecule has 0 bridgehead atoms. The number of ether oxygens (including phenoxy) is 1. The number of hydrogen-bond donors (Lipinski definition) is 3. The monoisotopic (exact) mass is 545 g/mol. The van der Waals surface area contributed by atoms with Crippen molar-refractivity contribution in [1.29, 1.82) is 0 Å². The van der Waals surface area contributed by atoms with Crippen molar-refractivity contribution in [1.82, 2.24) is 10.3 Å². The lowest BCUT2D eigenvalue weighted by Gasteiger charge is -2.25. The second-order valence-electron chi connectivity index (χ2n) is 11.5. The summed E-state index contributed by atoms with van der Waals surface area (Å²) in [5.74, 6) is 1.81. The van der Waals surface area contributed by atoms with Gasteiger partial charge in [0.05, 0.1) is 10.9 Å². The van der Waals surface area contributed by atoms with Crippen LogP contribution in [0.15, 0.2) is 78.9 Å². The number of unbranched alkanes of at least 4 members (excludes halogenated alkanes) is 1. The highest BCUT2D eigenvalue weighted by molar-refractivity contribution is 6.10. The summed E-state index contributed by atoms with van der Waals surface area (Å²) >= 11 is 0. The molecule has 0 unspecified atom stereocenters. The zero-order chi connectivity index (χ0) is 28.0. The lowest BCUT2D eigenvalue weighted by molar-refractivity contribution is 0.462. The average molecular weight is 546 g/mol. The lowest BCUT2D eigenvalue weighted by atomic mass is 9.94. The van der Waals surface area contributed by atoms with Crippen molar-refractivity contribution in [2.45, 2.75) is 77.8 Å². The Hall–Kier alpha value is -3.76. The molecule has 3 N–H and O–H groups in total. The number of aromatic nitrogens is 1. The van der Waals surface area contributed by atoms with Crippen molar-refractivity contribution in [3.05, 3.63) is 90.0 Å². The number of H-pyrrole nitrogens is 1. The van der Waals surface area contributed by atoms with Gasteiger partial charge < -0.3 is 20.4 Å². The zero-order valence-electron chi connectivity index (χ0n) is 24.6. The summed E-state index contributed by atoms with van der Waals surface area (Å²) in [7, 11) is 0. The summed E-state index contributed by atoms with van der Waals surface area (Å²) < 4.78 is 6.63. The molecule has 0 aliphatic heterocycles. The fourth-order valence-corrected chi connectivity index (χ4v) is 6.26. The molecule has 6 rings (SSSR count). The van der Waals surface area contributed by atoms with Crippen LogP contribution in [0.5, 0.6) is 11.5 Å². The van der Waals surface area contributed by atoms with Crippen LogP contribution < -0.4 is 15.4 Å². The van der Waals surface area contributed by atoms with Crippen molar-refractivity contribution >= 4 is 27.5 Å². The van der Waals surface area contributed by atoms with Crippen LogP contribution in [0.3, 0.4) is 0 Å². The molecule has 5 aromatic rings. The number of nitrogens with one attached hydrogen (secondary N) is 3. The average Bonchev–Trinajstić information content (AvgIpc) is 3.40. The predicted octanol–water partition coefficient (Wildman–Crippen LogP) is 9.98. The van der Waals surface area contributed by atoms with E-state index in [1.165, 1.54) is 78.3 Å². The van der Waals surface area contributed by atoms with E-state index in [-0.39, 0.29) is 0 Å². The molecule has 4 aromatic carbocycles. The molecule has 0 atom stereocenters. The first-order chi connectivity index (χ1) is 20.2. The first kappa shape index (κ1) is 27.4. The Kier molecular flexibility index (Phi) is 8.57. The highest BCUT2D eigenvalue weighted by atomic mass is 16.5. The highest BCUT2D eigenvalue weighted by Gasteiger charge is 2.16. The van der Waals surface area contributed by atoms with E-state index in [1.807, 2.05) is 0 Å². The molecule has 4 nitrogen and oxygen atoms in total. The number of aryl methyl sites for hydroxylation is 1. The van der Waals surface area contributed by atoms with E-state index in [0.29, 0.717) is 6.04 Å². The second-order valence-corrected chi connectivity index (χ2v) is 11.5. The summed E-state index contributed by atoms with van der Waals surface area (Å²) in [4.78, 5) is 3.53. The Balaban J connectivity index is 1.29. The van der Waals surface area contributed by atoms with Crippen molar-refractivity contribution in [3.8, 4) is 22.6 Å². The van der Waals surface area contributed by atoms with Gasteiger partial charge in [0, 0.05) is 29.2 Å². The van der Waals surface area contributed by atoms with Gasteiger partial charge in [0.15, 0.2) is 0 Å². The van der Waals surface area contributed by atoms with Crippen LogP contribution in [0, 0.1) is 0 Å². The molecule has 212 valence electrons. The Bertz CT molecular complexity index is 1610. The largest absolute Gasteiger partial charge is 0.456 e. The van der Waals surface area contributed by atoms with E-state index in [1.54, 1.807) is 0 Å². The number of rotatable bonds is 11. The minimum atomic E-state index is 0.591. The van der Waals surface area contributed by atoms with Gasteiger partial charge in [0.25, 0.3) is 0 Å². The summed E-state index contributed by atoms with van der Waals surface area (Å²) in [5.41, 5.74) is 8.57. The molecule has 1 heterocycles. The second kappa shape index (κ2) is 12.8. The fraction of sp³-hybridized carbons (Fsp3) is 0.351. The SMILES string of the molecule is CCCCNCc1cc(-c2ccc(Oc3cccc4[nH]c5ccccc5c34)c(CC)c2)ccc1NC1CCCCC1. The van der Waals surface area contributed by atoms with Crippen LogP contribution in [-0.2, 0) is 13.0 Å². The van der Waals surface area contributed by atoms with E-state index < -0.39 is 0 Å². The van der Waals surface area contributed by atoms with Gasteiger partial charge in [0.2, 0.25) is 0 Å². The number of benzene rings is 4. The minimum absolute atomic E-state index is 0.591. The number of anilines is 1.